The van der Waals surface area contributed by atoms with Gasteiger partial charge in [0.2, 0.25) is 0 Å². The fraction of sp³-hybridized carbons (Fsp3) is 0.917. The van der Waals surface area contributed by atoms with Crippen molar-refractivity contribution in [1.29, 1.82) is 0 Å². The first-order valence-electron chi connectivity index (χ1n) is 6.31. The Labute approximate surface area is 107 Å². The highest BCUT2D eigenvalue weighted by Crippen LogP contribution is 2.38. The van der Waals surface area contributed by atoms with Crippen LogP contribution in [0.5, 0.6) is 0 Å². The topological polar surface area (TPSA) is 24.4 Å². The van der Waals surface area contributed by atoms with E-state index in [1.807, 2.05) is 11.8 Å². The molecule has 0 atom stereocenters. The van der Waals surface area contributed by atoms with Crippen molar-refractivity contribution in [2.24, 2.45) is 4.99 Å². The summed E-state index contributed by atoms with van der Waals surface area (Å²) in [6.45, 7) is 2.13. The van der Waals surface area contributed by atoms with Crippen LogP contribution in [0.4, 0.5) is 0 Å². The Morgan fingerprint density at radius 2 is 2.12 bits per heavy atom. The van der Waals surface area contributed by atoms with E-state index in [0.29, 0.717) is 4.75 Å². The van der Waals surface area contributed by atoms with Gasteiger partial charge in [0.25, 0.3) is 0 Å². The lowest BCUT2D eigenvalue weighted by molar-refractivity contribution is 0.395. The van der Waals surface area contributed by atoms with Gasteiger partial charge < -0.3 is 5.32 Å². The molecule has 2 nitrogen and oxygen atoms in total. The minimum atomic E-state index is 0.485. The van der Waals surface area contributed by atoms with Crippen LogP contribution in [0.1, 0.15) is 38.5 Å². The molecule has 0 unspecified atom stereocenters. The first kappa shape index (κ1) is 12.6. The molecular formula is C12H22N2S2. The molecule has 0 bridgehead atoms. The minimum Gasteiger partial charge on any atom is -0.364 e. The standard InChI is InChI=1S/C12H22N2S2/c1-15-12(6-3-2-4-7-12)10-14-11-13-8-5-9-16-11/h2-10H2,1H3,(H,13,14). The summed E-state index contributed by atoms with van der Waals surface area (Å²) in [4.78, 5) is 4.54. The summed E-state index contributed by atoms with van der Waals surface area (Å²) < 4.78 is 0.485. The van der Waals surface area contributed by atoms with Crippen molar-refractivity contribution in [3.05, 3.63) is 0 Å². The maximum absolute atomic E-state index is 4.54. The van der Waals surface area contributed by atoms with Gasteiger partial charge in [0.15, 0.2) is 5.17 Å². The number of hydrogen-bond donors (Lipinski definition) is 1. The maximum atomic E-state index is 4.54. The number of thioether (sulfide) groups is 2. The Morgan fingerprint density at radius 3 is 2.75 bits per heavy atom. The summed E-state index contributed by atoms with van der Waals surface area (Å²) in [6, 6.07) is 0. The Hall–Kier alpha value is 0.170. The van der Waals surface area contributed by atoms with Crippen LogP contribution in [-0.4, -0.2) is 35.0 Å². The Kier molecular flexibility index (Phi) is 4.89. The fourth-order valence-corrected chi connectivity index (χ4v) is 4.19. The summed E-state index contributed by atoms with van der Waals surface area (Å²) in [5, 5.41) is 4.76. The van der Waals surface area contributed by atoms with Gasteiger partial charge in [0, 0.05) is 23.6 Å². The monoisotopic (exact) mass is 258 g/mol. The number of nitrogens with one attached hydrogen (secondary N) is 1. The maximum Gasteiger partial charge on any atom is 0.156 e. The van der Waals surface area contributed by atoms with Gasteiger partial charge in [-0.25, -0.2) is 0 Å². The van der Waals surface area contributed by atoms with Gasteiger partial charge in [-0.05, 0) is 25.5 Å². The van der Waals surface area contributed by atoms with Crippen molar-refractivity contribution in [3.63, 3.8) is 0 Å². The zero-order valence-electron chi connectivity index (χ0n) is 10.1. The lowest BCUT2D eigenvalue weighted by atomic mass is 9.88. The Balaban J connectivity index is 1.83. The molecule has 1 heterocycles. The summed E-state index contributed by atoms with van der Waals surface area (Å²) in [5.41, 5.74) is 0. The number of hydrogen-bond acceptors (Lipinski definition) is 4. The van der Waals surface area contributed by atoms with Gasteiger partial charge in [-0.15, -0.1) is 0 Å². The molecule has 1 N–H and O–H groups in total. The molecule has 0 amide bonds. The van der Waals surface area contributed by atoms with E-state index >= 15 is 0 Å². The van der Waals surface area contributed by atoms with Crippen molar-refractivity contribution < 1.29 is 0 Å². The van der Waals surface area contributed by atoms with E-state index in [0.717, 1.165) is 13.1 Å². The number of rotatable bonds is 3. The van der Waals surface area contributed by atoms with Gasteiger partial charge in [0.05, 0.1) is 0 Å². The number of amidine groups is 1. The Morgan fingerprint density at radius 1 is 1.31 bits per heavy atom. The molecule has 2 rings (SSSR count). The SMILES string of the molecule is CSC1(CNC2=NCCCS2)CCCCC1. The largest absolute Gasteiger partial charge is 0.364 e. The van der Waals surface area contributed by atoms with Crippen molar-refractivity contribution in [1.82, 2.24) is 5.32 Å². The second-order valence-corrected chi connectivity index (χ2v) is 7.05. The second kappa shape index (κ2) is 6.20. The normalized spacial score (nSPS) is 24.9. The van der Waals surface area contributed by atoms with Gasteiger partial charge in [-0.1, -0.05) is 31.0 Å². The van der Waals surface area contributed by atoms with E-state index in [1.54, 1.807) is 0 Å². The molecule has 0 aromatic carbocycles. The van der Waals surface area contributed by atoms with Crippen LogP contribution in [0.3, 0.4) is 0 Å². The molecule has 2 aliphatic rings. The molecule has 4 heteroatoms. The summed E-state index contributed by atoms with van der Waals surface area (Å²) in [6.07, 6.45) is 10.5. The van der Waals surface area contributed by atoms with Crippen LogP contribution >= 0.6 is 23.5 Å². The summed E-state index contributed by atoms with van der Waals surface area (Å²) in [7, 11) is 0. The van der Waals surface area contributed by atoms with Crippen molar-refractivity contribution in [2.45, 2.75) is 43.3 Å². The van der Waals surface area contributed by atoms with Gasteiger partial charge in [0.1, 0.15) is 0 Å². The number of nitrogens with zero attached hydrogens (tertiary/aromatic N) is 1. The molecule has 0 aromatic rings. The molecule has 0 spiro atoms. The van der Waals surface area contributed by atoms with Crippen LogP contribution < -0.4 is 5.32 Å². The van der Waals surface area contributed by atoms with Gasteiger partial charge in [-0.2, -0.15) is 11.8 Å². The Bertz CT molecular complexity index is 247. The smallest absolute Gasteiger partial charge is 0.156 e. The van der Waals surface area contributed by atoms with Crippen LogP contribution in [0, 0.1) is 0 Å². The molecule has 1 aliphatic heterocycles. The average Bonchev–Trinajstić information content (AvgIpc) is 2.39. The van der Waals surface area contributed by atoms with Crippen molar-refractivity contribution >= 4 is 28.7 Å². The molecule has 1 saturated carbocycles. The predicted octanol–water partition coefficient (Wildman–Crippen LogP) is 3.13. The summed E-state index contributed by atoms with van der Waals surface area (Å²) in [5.74, 6) is 1.23. The molecule has 0 aromatic heterocycles. The molecule has 0 saturated heterocycles. The van der Waals surface area contributed by atoms with E-state index in [2.05, 4.69) is 28.3 Å². The third-order valence-corrected chi connectivity index (χ3v) is 6.01. The quantitative estimate of drug-likeness (QED) is 0.841. The third kappa shape index (κ3) is 3.33. The second-order valence-electron chi connectivity index (χ2n) is 4.69. The first-order valence-corrected chi connectivity index (χ1v) is 8.52. The van der Waals surface area contributed by atoms with Crippen LogP contribution in [-0.2, 0) is 0 Å². The van der Waals surface area contributed by atoms with E-state index in [1.165, 1.54) is 49.4 Å². The predicted molar refractivity (Wildman–Crippen MR) is 76.7 cm³/mol. The fourth-order valence-electron chi connectivity index (χ4n) is 2.45. The van der Waals surface area contributed by atoms with E-state index in [-0.39, 0.29) is 0 Å². The highest BCUT2D eigenvalue weighted by atomic mass is 32.2. The first-order chi connectivity index (χ1) is 7.85. The van der Waals surface area contributed by atoms with E-state index in [9.17, 15) is 0 Å². The zero-order valence-corrected chi connectivity index (χ0v) is 11.8. The summed E-state index contributed by atoms with van der Waals surface area (Å²) >= 11 is 3.95. The van der Waals surface area contributed by atoms with Crippen molar-refractivity contribution in [3.8, 4) is 0 Å². The number of aliphatic imine (C=N–C) groups is 1. The van der Waals surface area contributed by atoms with Crippen molar-refractivity contribution in [2.75, 3.05) is 25.1 Å². The average molecular weight is 258 g/mol. The molecule has 1 aliphatic carbocycles. The van der Waals surface area contributed by atoms with Gasteiger partial charge in [-0.3, -0.25) is 4.99 Å². The minimum absolute atomic E-state index is 0.485. The van der Waals surface area contributed by atoms with Gasteiger partial charge >= 0.3 is 0 Å². The van der Waals surface area contributed by atoms with Crippen LogP contribution in [0.25, 0.3) is 0 Å². The lowest BCUT2D eigenvalue weighted by Crippen LogP contribution is -2.41. The van der Waals surface area contributed by atoms with E-state index < -0.39 is 0 Å². The third-order valence-electron chi connectivity index (χ3n) is 3.56. The van der Waals surface area contributed by atoms with E-state index in [4.69, 9.17) is 0 Å². The molecule has 16 heavy (non-hydrogen) atoms. The highest BCUT2D eigenvalue weighted by molar-refractivity contribution is 8.13. The van der Waals surface area contributed by atoms with Crippen LogP contribution in [0.2, 0.25) is 0 Å². The van der Waals surface area contributed by atoms with Crippen LogP contribution in [0.15, 0.2) is 4.99 Å². The molecular weight excluding hydrogens is 236 g/mol. The molecule has 0 radical (unpaired) electrons. The lowest BCUT2D eigenvalue weighted by Gasteiger charge is -2.36. The zero-order chi connectivity index (χ0) is 11.3. The molecule has 1 fully saturated rings. The molecule has 92 valence electrons. The highest BCUT2D eigenvalue weighted by Gasteiger charge is 2.31.